The van der Waals surface area contributed by atoms with Crippen molar-refractivity contribution in [3.63, 3.8) is 0 Å². The van der Waals surface area contributed by atoms with E-state index in [1.807, 2.05) is 0 Å². The number of rotatable bonds is 7. The molecular weight excluding hydrogens is 301 g/mol. The number of aliphatic hydroxyl groups is 1. The standard InChI is InChI=1S/C13H19BrFNO2/c1-9(2)7-18-8-11(17)6-16-13-4-3-10(15)5-12(13)14/h3-5,9,11,16-17H,6-8H2,1-2H3. The lowest BCUT2D eigenvalue weighted by atomic mass is 10.2. The minimum atomic E-state index is -0.583. The molecule has 0 heterocycles. The molecule has 0 bridgehead atoms. The second-order valence-electron chi connectivity index (χ2n) is 4.59. The van der Waals surface area contributed by atoms with E-state index in [0.29, 0.717) is 30.1 Å². The molecule has 0 spiro atoms. The third-order valence-electron chi connectivity index (χ3n) is 2.22. The quantitative estimate of drug-likeness (QED) is 0.811. The minimum absolute atomic E-state index is 0.296. The number of anilines is 1. The van der Waals surface area contributed by atoms with E-state index < -0.39 is 6.10 Å². The van der Waals surface area contributed by atoms with Crippen LogP contribution in [-0.2, 0) is 4.74 Å². The largest absolute Gasteiger partial charge is 0.389 e. The summed E-state index contributed by atoms with van der Waals surface area (Å²) in [5.41, 5.74) is 0.749. The van der Waals surface area contributed by atoms with Gasteiger partial charge >= 0.3 is 0 Å². The highest BCUT2D eigenvalue weighted by Gasteiger charge is 2.07. The third kappa shape index (κ3) is 5.80. The van der Waals surface area contributed by atoms with E-state index in [0.717, 1.165) is 5.69 Å². The first-order chi connectivity index (χ1) is 8.49. The summed E-state index contributed by atoms with van der Waals surface area (Å²) in [5.74, 6) is 0.157. The van der Waals surface area contributed by atoms with E-state index >= 15 is 0 Å². The predicted molar refractivity (Wildman–Crippen MR) is 74.3 cm³/mol. The number of ether oxygens (including phenoxy) is 1. The molecule has 3 nitrogen and oxygen atoms in total. The first-order valence-electron chi connectivity index (χ1n) is 5.93. The second kappa shape index (κ2) is 7.71. The van der Waals surface area contributed by atoms with Crippen molar-refractivity contribution in [2.45, 2.75) is 20.0 Å². The Bertz CT molecular complexity index is 374. The van der Waals surface area contributed by atoms with E-state index in [2.05, 4.69) is 35.1 Å². The van der Waals surface area contributed by atoms with Crippen LogP contribution in [0.1, 0.15) is 13.8 Å². The Labute approximate surface area is 115 Å². The molecule has 2 N–H and O–H groups in total. The summed E-state index contributed by atoms with van der Waals surface area (Å²) in [6, 6.07) is 4.37. The predicted octanol–water partition coefficient (Wildman–Crippen LogP) is 3.03. The maximum Gasteiger partial charge on any atom is 0.124 e. The molecule has 0 radical (unpaired) electrons. The highest BCUT2D eigenvalue weighted by molar-refractivity contribution is 9.10. The average molecular weight is 320 g/mol. The van der Waals surface area contributed by atoms with Gasteiger partial charge in [0.05, 0.1) is 12.7 Å². The van der Waals surface area contributed by atoms with Crippen molar-refractivity contribution in [3.05, 3.63) is 28.5 Å². The first kappa shape index (κ1) is 15.4. The molecule has 0 saturated carbocycles. The molecule has 1 aromatic carbocycles. The zero-order valence-electron chi connectivity index (χ0n) is 10.6. The van der Waals surface area contributed by atoms with Gasteiger partial charge in [-0.3, -0.25) is 0 Å². The van der Waals surface area contributed by atoms with Crippen molar-refractivity contribution >= 4 is 21.6 Å². The summed E-state index contributed by atoms with van der Waals surface area (Å²) in [4.78, 5) is 0. The Morgan fingerprint density at radius 2 is 2.11 bits per heavy atom. The van der Waals surface area contributed by atoms with E-state index in [1.165, 1.54) is 12.1 Å². The highest BCUT2D eigenvalue weighted by Crippen LogP contribution is 2.22. The van der Waals surface area contributed by atoms with E-state index in [-0.39, 0.29) is 5.82 Å². The fourth-order valence-electron chi connectivity index (χ4n) is 1.36. The van der Waals surface area contributed by atoms with Gasteiger partial charge in [-0.15, -0.1) is 0 Å². The smallest absolute Gasteiger partial charge is 0.124 e. The van der Waals surface area contributed by atoms with Crippen molar-refractivity contribution in [1.82, 2.24) is 0 Å². The van der Waals surface area contributed by atoms with Crippen molar-refractivity contribution < 1.29 is 14.2 Å². The van der Waals surface area contributed by atoms with Crippen molar-refractivity contribution in [3.8, 4) is 0 Å². The lowest BCUT2D eigenvalue weighted by Crippen LogP contribution is -2.25. The van der Waals surface area contributed by atoms with Crippen LogP contribution in [0.15, 0.2) is 22.7 Å². The SMILES string of the molecule is CC(C)COCC(O)CNc1ccc(F)cc1Br. The van der Waals surface area contributed by atoms with Gasteiger partial charge in [0.15, 0.2) is 0 Å². The molecule has 5 heteroatoms. The van der Waals surface area contributed by atoms with Crippen LogP contribution < -0.4 is 5.32 Å². The molecule has 1 aromatic rings. The Morgan fingerprint density at radius 1 is 1.39 bits per heavy atom. The minimum Gasteiger partial charge on any atom is -0.389 e. The van der Waals surface area contributed by atoms with Gasteiger partial charge in [0.1, 0.15) is 5.82 Å². The second-order valence-corrected chi connectivity index (χ2v) is 5.44. The summed E-state index contributed by atoms with van der Waals surface area (Å²) in [6.45, 7) is 5.41. The molecule has 1 rings (SSSR count). The molecule has 0 aromatic heterocycles. The van der Waals surface area contributed by atoms with E-state index in [4.69, 9.17) is 4.74 Å². The number of nitrogens with one attached hydrogen (secondary N) is 1. The van der Waals surface area contributed by atoms with Gasteiger partial charge < -0.3 is 15.2 Å². The zero-order valence-corrected chi connectivity index (χ0v) is 12.2. The van der Waals surface area contributed by atoms with Crippen LogP contribution in [0, 0.1) is 11.7 Å². The molecule has 0 saturated heterocycles. The summed E-state index contributed by atoms with van der Waals surface area (Å²) < 4.78 is 18.8. The zero-order chi connectivity index (χ0) is 13.5. The molecule has 0 fully saturated rings. The van der Waals surface area contributed by atoms with Crippen LogP contribution >= 0.6 is 15.9 Å². The summed E-state index contributed by atoms with van der Waals surface area (Å²) in [7, 11) is 0. The van der Waals surface area contributed by atoms with Gasteiger partial charge in [-0.25, -0.2) is 4.39 Å². The number of hydrogen-bond acceptors (Lipinski definition) is 3. The van der Waals surface area contributed by atoms with Gasteiger partial charge in [-0.1, -0.05) is 13.8 Å². The lowest BCUT2D eigenvalue weighted by Gasteiger charge is -2.15. The molecule has 0 aliphatic carbocycles. The Kier molecular flexibility index (Phi) is 6.60. The molecule has 0 amide bonds. The number of hydrogen-bond donors (Lipinski definition) is 2. The van der Waals surface area contributed by atoms with E-state index in [9.17, 15) is 9.50 Å². The maximum atomic E-state index is 12.9. The Hall–Kier alpha value is -0.650. The van der Waals surface area contributed by atoms with Crippen LogP contribution in [0.2, 0.25) is 0 Å². The summed E-state index contributed by atoms with van der Waals surface area (Å²) in [6.07, 6.45) is -0.583. The molecule has 102 valence electrons. The Balaban J connectivity index is 2.31. The van der Waals surface area contributed by atoms with Gasteiger partial charge in [-0.2, -0.15) is 0 Å². The summed E-state index contributed by atoms with van der Waals surface area (Å²) in [5, 5.41) is 12.7. The third-order valence-corrected chi connectivity index (χ3v) is 2.88. The fraction of sp³-hybridized carbons (Fsp3) is 0.538. The molecule has 1 atom stereocenters. The molecule has 0 aliphatic rings. The topological polar surface area (TPSA) is 41.5 Å². The number of benzene rings is 1. The molecule has 18 heavy (non-hydrogen) atoms. The monoisotopic (exact) mass is 319 g/mol. The summed E-state index contributed by atoms with van der Waals surface area (Å²) >= 11 is 3.25. The molecule has 1 unspecified atom stereocenters. The average Bonchev–Trinajstić information content (AvgIpc) is 2.27. The van der Waals surface area contributed by atoms with Gasteiger partial charge in [0, 0.05) is 23.3 Å². The maximum absolute atomic E-state index is 12.9. The van der Waals surface area contributed by atoms with Crippen molar-refractivity contribution in [1.29, 1.82) is 0 Å². The highest BCUT2D eigenvalue weighted by atomic mass is 79.9. The number of halogens is 2. The normalized spacial score (nSPS) is 12.8. The van der Waals surface area contributed by atoms with Crippen LogP contribution in [0.25, 0.3) is 0 Å². The number of aliphatic hydroxyl groups excluding tert-OH is 1. The van der Waals surface area contributed by atoms with Gasteiger partial charge in [0.2, 0.25) is 0 Å². The molecular formula is C13H19BrFNO2. The fourth-order valence-corrected chi connectivity index (χ4v) is 1.85. The van der Waals surface area contributed by atoms with Crippen molar-refractivity contribution in [2.24, 2.45) is 5.92 Å². The van der Waals surface area contributed by atoms with Gasteiger partial charge in [-0.05, 0) is 40.0 Å². The Morgan fingerprint density at radius 3 is 2.72 bits per heavy atom. The van der Waals surface area contributed by atoms with Crippen molar-refractivity contribution in [2.75, 3.05) is 25.1 Å². The van der Waals surface area contributed by atoms with Crippen LogP contribution in [0.3, 0.4) is 0 Å². The van der Waals surface area contributed by atoms with Gasteiger partial charge in [0.25, 0.3) is 0 Å². The van der Waals surface area contributed by atoms with Crippen LogP contribution in [0.5, 0.6) is 0 Å². The van der Waals surface area contributed by atoms with Crippen LogP contribution in [-0.4, -0.2) is 31.0 Å². The molecule has 0 aliphatic heterocycles. The first-order valence-corrected chi connectivity index (χ1v) is 6.73. The van der Waals surface area contributed by atoms with E-state index in [1.54, 1.807) is 6.07 Å². The lowest BCUT2D eigenvalue weighted by molar-refractivity contribution is 0.0318. The van der Waals surface area contributed by atoms with Crippen LogP contribution in [0.4, 0.5) is 10.1 Å².